The Balaban J connectivity index is 1.51. The first-order chi connectivity index (χ1) is 17.6. The summed E-state index contributed by atoms with van der Waals surface area (Å²) in [6.07, 6.45) is 0. The zero-order valence-electron chi connectivity index (χ0n) is 19.1. The second-order valence-corrected chi connectivity index (χ2v) is 9.08. The number of para-hydroxylation sites is 1. The lowest BCUT2D eigenvalue weighted by Gasteiger charge is -2.30. The van der Waals surface area contributed by atoms with Gasteiger partial charge in [-0.05, 0) is 53.4 Å². The number of halogens is 1. The van der Waals surface area contributed by atoms with E-state index in [4.69, 9.17) is 0 Å². The van der Waals surface area contributed by atoms with E-state index in [2.05, 4.69) is 15.6 Å². The smallest absolute Gasteiger partial charge is 0.249 e. The number of thiophene rings is 1. The van der Waals surface area contributed by atoms with Crippen molar-refractivity contribution < 1.29 is 14.0 Å². The molecule has 2 aromatic heterocycles. The number of nitrogens with one attached hydrogen (secondary N) is 1. The molecule has 5 aromatic rings. The first-order valence-electron chi connectivity index (χ1n) is 11.3. The molecular weight excluding hydrogens is 477 g/mol. The van der Waals surface area contributed by atoms with E-state index in [-0.39, 0.29) is 18.4 Å². The number of anilines is 1. The summed E-state index contributed by atoms with van der Waals surface area (Å²) in [6, 6.07) is 25.1. The zero-order valence-corrected chi connectivity index (χ0v) is 19.9. The minimum Gasteiger partial charge on any atom is -0.350 e. The van der Waals surface area contributed by atoms with Crippen LogP contribution < -0.4 is 10.2 Å². The summed E-state index contributed by atoms with van der Waals surface area (Å²) in [6.45, 7) is 0.159. The maximum Gasteiger partial charge on any atom is 0.249 e. The Morgan fingerprint density at radius 2 is 1.69 bits per heavy atom. The summed E-state index contributed by atoms with van der Waals surface area (Å²) in [5, 5.41) is 13.1. The van der Waals surface area contributed by atoms with Gasteiger partial charge in [0.15, 0.2) is 0 Å². The summed E-state index contributed by atoms with van der Waals surface area (Å²) in [5.74, 6) is -1.16. The number of rotatable bonds is 8. The normalized spacial score (nSPS) is 11.8. The number of benzene rings is 3. The molecule has 0 bridgehead atoms. The molecule has 0 radical (unpaired) electrons. The predicted octanol–water partition coefficient (Wildman–Crippen LogP) is 4.72. The number of fused-ring (bicyclic) bond motifs is 1. The van der Waals surface area contributed by atoms with Crippen LogP contribution in [0.1, 0.15) is 16.5 Å². The van der Waals surface area contributed by atoms with E-state index in [1.165, 1.54) is 45.2 Å². The minimum atomic E-state index is -0.957. The molecule has 0 spiro atoms. The van der Waals surface area contributed by atoms with E-state index in [0.29, 0.717) is 28.1 Å². The molecule has 0 aliphatic rings. The summed E-state index contributed by atoms with van der Waals surface area (Å²) < 4.78 is 15.3. The fourth-order valence-corrected chi connectivity index (χ4v) is 4.79. The third-order valence-corrected chi connectivity index (χ3v) is 6.63. The molecule has 36 heavy (non-hydrogen) atoms. The van der Waals surface area contributed by atoms with Crippen LogP contribution in [-0.2, 0) is 22.7 Å². The Kier molecular flexibility index (Phi) is 6.81. The first-order valence-corrected chi connectivity index (χ1v) is 12.2. The van der Waals surface area contributed by atoms with Gasteiger partial charge in [0.05, 0.1) is 5.52 Å². The van der Waals surface area contributed by atoms with Crippen LogP contribution >= 0.6 is 11.3 Å². The quantitative estimate of drug-likeness (QED) is 0.335. The van der Waals surface area contributed by atoms with Crippen LogP contribution in [-0.4, -0.2) is 26.8 Å². The minimum absolute atomic E-state index is 0.147. The number of carbonyl (C=O) groups is 2. The highest BCUT2D eigenvalue weighted by Gasteiger charge is 2.34. The molecule has 1 unspecified atom stereocenters. The Labute approximate surface area is 210 Å². The maximum atomic E-state index is 13.8. The molecule has 2 amide bonds. The van der Waals surface area contributed by atoms with Crippen LogP contribution in [0.5, 0.6) is 0 Å². The van der Waals surface area contributed by atoms with Crippen LogP contribution in [0.15, 0.2) is 96.4 Å². The van der Waals surface area contributed by atoms with E-state index >= 15 is 0 Å². The lowest BCUT2D eigenvalue weighted by atomic mass is 10.1. The number of hydrogen-bond donors (Lipinski definition) is 1. The number of nitrogens with zero attached hydrogens (tertiary/aromatic N) is 4. The van der Waals surface area contributed by atoms with Crippen molar-refractivity contribution in [1.29, 1.82) is 0 Å². The molecular formula is C27H22FN5O2S. The average Bonchev–Trinajstić information content (AvgIpc) is 3.58. The molecule has 0 aliphatic heterocycles. The van der Waals surface area contributed by atoms with E-state index in [1.807, 2.05) is 72.1 Å². The van der Waals surface area contributed by atoms with Gasteiger partial charge in [-0.1, -0.05) is 53.7 Å². The van der Waals surface area contributed by atoms with Crippen LogP contribution in [0.3, 0.4) is 0 Å². The standard InChI is InChI=1S/C27H22FN5O2S/c28-20-12-14-21(15-13-20)33(25(34)18-32-23-10-5-4-9-22(23)30-31-32)26(24-11-6-16-36-24)27(35)29-17-19-7-2-1-3-8-19/h1-16,26H,17-18H2,(H,29,35). The zero-order chi connectivity index (χ0) is 24.9. The summed E-state index contributed by atoms with van der Waals surface area (Å²) in [7, 11) is 0. The van der Waals surface area contributed by atoms with Crippen molar-refractivity contribution in [3.63, 3.8) is 0 Å². The summed E-state index contributed by atoms with van der Waals surface area (Å²) >= 11 is 1.37. The molecule has 1 N–H and O–H groups in total. The fraction of sp³-hybridized carbons (Fsp3) is 0.111. The number of carbonyl (C=O) groups excluding carboxylic acids is 2. The summed E-state index contributed by atoms with van der Waals surface area (Å²) in [5.41, 5.74) is 2.70. The van der Waals surface area contributed by atoms with E-state index in [0.717, 1.165) is 5.56 Å². The first kappa shape index (κ1) is 23.4. The average molecular weight is 500 g/mol. The van der Waals surface area contributed by atoms with Gasteiger partial charge in [-0.3, -0.25) is 14.5 Å². The van der Waals surface area contributed by atoms with Gasteiger partial charge in [0.2, 0.25) is 11.8 Å². The third-order valence-electron chi connectivity index (χ3n) is 5.71. The maximum absolute atomic E-state index is 13.8. The molecule has 0 saturated carbocycles. The highest BCUT2D eigenvalue weighted by atomic mass is 32.1. The molecule has 3 aromatic carbocycles. The van der Waals surface area contributed by atoms with E-state index < -0.39 is 11.9 Å². The van der Waals surface area contributed by atoms with Gasteiger partial charge in [-0.25, -0.2) is 9.07 Å². The SMILES string of the molecule is O=C(NCc1ccccc1)C(c1cccs1)N(C(=O)Cn1nnc2ccccc21)c1ccc(F)cc1. The van der Waals surface area contributed by atoms with Gasteiger partial charge in [0.1, 0.15) is 23.9 Å². The lowest BCUT2D eigenvalue weighted by Crippen LogP contribution is -2.45. The van der Waals surface area contributed by atoms with Gasteiger partial charge in [0.25, 0.3) is 0 Å². The molecule has 0 fully saturated rings. The second-order valence-electron chi connectivity index (χ2n) is 8.10. The van der Waals surface area contributed by atoms with Crippen LogP contribution in [0, 0.1) is 5.82 Å². The van der Waals surface area contributed by atoms with Crippen molar-refractivity contribution in [2.75, 3.05) is 4.90 Å². The predicted molar refractivity (Wildman–Crippen MR) is 137 cm³/mol. The van der Waals surface area contributed by atoms with Crippen LogP contribution in [0.25, 0.3) is 11.0 Å². The van der Waals surface area contributed by atoms with Gasteiger partial charge >= 0.3 is 0 Å². The van der Waals surface area contributed by atoms with Gasteiger partial charge in [-0.2, -0.15) is 0 Å². The van der Waals surface area contributed by atoms with E-state index in [1.54, 1.807) is 0 Å². The molecule has 0 saturated heterocycles. The number of amides is 2. The van der Waals surface area contributed by atoms with Crippen molar-refractivity contribution in [3.05, 3.63) is 113 Å². The Morgan fingerprint density at radius 1 is 0.944 bits per heavy atom. The Morgan fingerprint density at radius 3 is 2.44 bits per heavy atom. The Hall–Kier alpha value is -4.37. The Bertz CT molecular complexity index is 1470. The number of aromatic nitrogens is 3. The topological polar surface area (TPSA) is 80.1 Å². The molecule has 7 nitrogen and oxygen atoms in total. The van der Waals surface area contributed by atoms with Crippen molar-refractivity contribution >= 4 is 39.9 Å². The molecule has 9 heteroatoms. The summed E-state index contributed by atoms with van der Waals surface area (Å²) in [4.78, 5) is 29.5. The van der Waals surface area contributed by atoms with Crippen molar-refractivity contribution in [2.24, 2.45) is 0 Å². The second kappa shape index (κ2) is 10.5. The highest BCUT2D eigenvalue weighted by Crippen LogP contribution is 2.31. The van der Waals surface area contributed by atoms with Crippen molar-refractivity contribution in [1.82, 2.24) is 20.3 Å². The van der Waals surface area contributed by atoms with Crippen molar-refractivity contribution in [3.8, 4) is 0 Å². The highest BCUT2D eigenvalue weighted by molar-refractivity contribution is 7.10. The molecule has 180 valence electrons. The largest absolute Gasteiger partial charge is 0.350 e. The van der Waals surface area contributed by atoms with Crippen LogP contribution in [0.2, 0.25) is 0 Å². The van der Waals surface area contributed by atoms with Gasteiger partial charge in [-0.15, -0.1) is 16.4 Å². The van der Waals surface area contributed by atoms with Gasteiger partial charge < -0.3 is 5.32 Å². The fourth-order valence-electron chi connectivity index (χ4n) is 3.98. The molecule has 2 heterocycles. The lowest BCUT2D eigenvalue weighted by molar-refractivity contribution is -0.127. The van der Waals surface area contributed by atoms with Crippen molar-refractivity contribution in [2.45, 2.75) is 19.1 Å². The third kappa shape index (κ3) is 5.01. The van der Waals surface area contributed by atoms with Gasteiger partial charge in [0, 0.05) is 17.1 Å². The van der Waals surface area contributed by atoms with Crippen LogP contribution in [0.4, 0.5) is 10.1 Å². The molecule has 1 atom stereocenters. The molecule has 0 aliphatic carbocycles. The number of hydrogen-bond acceptors (Lipinski definition) is 5. The monoisotopic (exact) mass is 499 g/mol. The molecule has 5 rings (SSSR count). The van der Waals surface area contributed by atoms with E-state index in [9.17, 15) is 14.0 Å².